The van der Waals surface area contributed by atoms with Gasteiger partial charge in [-0.1, -0.05) is 86.0 Å². The fourth-order valence-electron chi connectivity index (χ4n) is 2.83. The van der Waals surface area contributed by atoms with E-state index < -0.39 is 0 Å². The molecule has 0 N–H and O–H groups in total. The Morgan fingerprint density at radius 1 is 0.650 bits per heavy atom. The Morgan fingerprint density at radius 2 is 1.05 bits per heavy atom. The average molecular weight is 283 g/mol. The van der Waals surface area contributed by atoms with E-state index in [1.54, 1.807) is 0 Å². The molecule has 3 atom stereocenters. The van der Waals surface area contributed by atoms with Crippen molar-refractivity contribution in [2.45, 2.75) is 92.4 Å². The van der Waals surface area contributed by atoms with Gasteiger partial charge in [0.15, 0.2) is 0 Å². The van der Waals surface area contributed by atoms with E-state index in [1.807, 2.05) is 6.92 Å². The van der Waals surface area contributed by atoms with E-state index in [2.05, 4.69) is 27.7 Å². The molecule has 0 bridgehead atoms. The molecule has 0 aromatic heterocycles. The van der Waals surface area contributed by atoms with Crippen molar-refractivity contribution in [3.8, 4) is 0 Å². The van der Waals surface area contributed by atoms with Gasteiger partial charge in [0.25, 0.3) is 0 Å². The highest BCUT2D eigenvalue weighted by Gasteiger charge is 2.07. The van der Waals surface area contributed by atoms with E-state index in [-0.39, 0.29) is 5.92 Å². The molecule has 0 spiro atoms. The molecule has 0 aliphatic heterocycles. The molecule has 20 heavy (non-hydrogen) atoms. The lowest BCUT2D eigenvalue weighted by Crippen LogP contribution is -2.01. The highest BCUT2D eigenvalue weighted by atomic mass is 16.1. The third kappa shape index (κ3) is 12.7. The van der Waals surface area contributed by atoms with Crippen molar-refractivity contribution in [1.82, 2.24) is 0 Å². The molecule has 1 nitrogen and oxygen atoms in total. The van der Waals surface area contributed by atoms with Gasteiger partial charge in [0, 0.05) is 5.92 Å². The van der Waals surface area contributed by atoms with E-state index in [0.717, 1.165) is 30.5 Å². The predicted octanol–water partition coefficient (Wildman–Crippen LogP) is 6.26. The average Bonchev–Trinajstić information content (AvgIpc) is 2.38. The van der Waals surface area contributed by atoms with Crippen LogP contribution in [-0.2, 0) is 4.79 Å². The van der Waals surface area contributed by atoms with Crippen molar-refractivity contribution < 1.29 is 4.79 Å². The minimum absolute atomic E-state index is 0.253. The van der Waals surface area contributed by atoms with Gasteiger partial charge in [0.2, 0.25) is 0 Å². The summed E-state index contributed by atoms with van der Waals surface area (Å²) in [5.41, 5.74) is 0. The second kappa shape index (κ2) is 12.4. The molecule has 0 aliphatic carbocycles. The van der Waals surface area contributed by atoms with Crippen LogP contribution in [0.3, 0.4) is 0 Å². The van der Waals surface area contributed by atoms with Gasteiger partial charge < -0.3 is 4.79 Å². The normalized spacial score (nSPS) is 16.1. The molecule has 0 fully saturated rings. The first-order chi connectivity index (χ1) is 9.45. The summed E-state index contributed by atoms with van der Waals surface area (Å²) in [6.45, 7) is 11.4. The highest BCUT2D eigenvalue weighted by Crippen LogP contribution is 2.21. The van der Waals surface area contributed by atoms with E-state index in [1.165, 1.54) is 51.4 Å². The third-order valence-corrected chi connectivity index (χ3v) is 4.46. The number of hydrogen-bond donors (Lipinski definition) is 0. The topological polar surface area (TPSA) is 17.1 Å². The number of aldehydes is 1. The van der Waals surface area contributed by atoms with Crippen LogP contribution in [-0.4, -0.2) is 6.29 Å². The fraction of sp³-hybridized carbons (Fsp3) is 0.947. The van der Waals surface area contributed by atoms with Crippen LogP contribution in [0.5, 0.6) is 0 Å². The SMILES string of the molecule is CC(C)CCCC(C)CCCC(C)CCCC(C)C=O. The Morgan fingerprint density at radius 3 is 1.45 bits per heavy atom. The maximum atomic E-state index is 10.6. The Balaban J connectivity index is 3.45. The molecule has 0 saturated carbocycles. The van der Waals surface area contributed by atoms with Crippen molar-refractivity contribution in [3.63, 3.8) is 0 Å². The zero-order valence-electron chi connectivity index (χ0n) is 14.7. The van der Waals surface area contributed by atoms with Crippen molar-refractivity contribution in [2.75, 3.05) is 0 Å². The number of hydrogen-bond acceptors (Lipinski definition) is 1. The first-order valence-electron chi connectivity index (χ1n) is 8.91. The second-order valence-corrected chi connectivity index (χ2v) is 7.51. The van der Waals surface area contributed by atoms with Gasteiger partial charge in [0.1, 0.15) is 6.29 Å². The van der Waals surface area contributed by atoms with Crippen LogP contribution in [0.1, 0.15) is 92.4 Å². The molecule has 1 heteroatoms. The summed E-state index contributed by atoms with van der Waals surface area (Å²) in [7, 11) is 0. The number of carbonyl (C=O) groups is 1. The molecular formula is C19H38O. The predicted molar refractivity (Wildman–Crippen MR) is 89.9 cm³/mol. The third-order valence-electron chi connectivity index (χ3n) is 4.46. The van der Waals surface area contributed by atoms with Gasteiger partial charge >= 0.3 is 0 Å². The van der Waals surface area contributed by atoms with Gasteiger partial charge in [-0.15, -0.1) is 0 Å². The van der Waals surface area contributed by atoms with Gasteiger partial charge in [0.05, 0.1) is 0 Å². The van der Waals surface area contributed by atoms with Crippen molar-refractivity contribution >= 4 is 6.29 Å². The van der Waals surface area contributed by atoms with Gasteiger partial charge in [-0.25, -0.2) is 0 Å². The molecule has 0 heterocycles. The highest BCUT2D eigenvalue weighted by molar-refractivity contribution is 5.52. The summed E-state index contributed by atoms with van der Waals surface area (Å²) in [5, 5.41) is 0. The molecular weight excluding hydrogens is 244 g/mol. The molecule has 0 aromatic carbocycles. The monoisotopic (exact) mass is 282 g/mol. The summed E-state index contributed by atoms with van der Waals surface area (Å²) in [5.74, 6) is 2.84. The molecule has 0 aliphatic rings. The Labute approximate surface area is 127 Å². The molecule has 0 saturated heterocycles. The lowest BCUT2D eigenvalue weighted by Gasteiger charge is -2.15. The minimum Gasteiger partial charge on any atom is -0.303 e. The molecule has 0 amide bonds. The maximum absolute atomic E-state index is 10.6. The first-order valence-corrected chi connectivity index (χ1v) is 8.91. The largest absolute Gasteiger partial charge is 0.303 e. The van der Waals surface area contributed by atoms with Gasteiger partial charge in [-0.2, -0.15) is 0 Å². The molecule has 0 rings (SSSR count). The fourth-order valence-corrected chi connectivity index (χ4v) is 2.83. The Hall–Kier alpha value is -0.330. The van der Waals surface area contributed by atoms with Crippen molar-refractivity contribution in [1.29, 1.82) is 0 Å². The van der Waals surface area contributed by atoms with Gasteiger partial charge in [-0.3, -0.25) is 0 Å². The molecule has 120 valence electrons. The second-order valence-electron chi connectivity index (χ2n) is 7.51. The van der Waals surface area contributed by atoms with Crippen LogP contribution in [0.4, 0.5) is 0 Å². The van der Waals surface area contributed by atoms with E-state index in [9.17, 15) is 4.79 Å². The number of rotatable bonds is 13. The van der Waals surface area contributed by atoms with E-state index in [4.69, 9.17) is 0 Å². The zero-order chi connectivity index (χ0) is 15.4. The zero-order valence-corrected chi connectivity index (χ0v) is 14.7. The molecule has 0 radical (unpaired) electrons. The summed E-state index contributed by atoms with van der Waals surface area (Å²) < 4.78 is 0. The van der Waals surface area contributed by atoms with Crippen LogP contribution in [0.2, 0.25) is 0 Å². The van der Waals surface area contributed by atoms with Crippen molar-refractivity contribution in [2.24, 2.45) is 23.7 Å². The quantitative estimate of drug-likeness (QED) is 0.364. The van der Waals surface area contributed by atoms with Crippen LogP contribution in [0.25, 0.3) is 0 Å². The summed E-state index contributed by atoms with van der Waals surface area (Å²) in [4.78, 5) is 10.6. The number of carbonyl (C=O) groups excluding carboxylic acids is 1. The lowest BCUT2D eigenvalue weighted by molar-refractivity contribution is -0.110. The standard InChI is InChI=1S/C19H38O/c1-16(2)9-6-10-17(3)11-7-12-18(4)13-8-14-19(5)15-20/h15-19H,6-14H2,1-5H3. The molecule has 0 aromatic rings. The summed E-state index contributed by atoms with van der Waals surface area (Å²) in [6.07, 6.45) is 13.0. The smallest absolute Gasteiger partial charge is 0.122 e. The van der Waals surface area contributed by atoms with Crippen LogP contribution in [0.15, 0.2) is 0 Å². The van der Waals surface area contributed by atoms with E-state index in [0.29, 0.717) is 0 Å². The van der Waals surface area contributed by atoms with E-state index >= 15 is 0 Å². The Kier molecular flexibility index (Phi) is 12.2. The Bertz CT molecular complexity index is 222. The van der Waals surface area contributed by atoms with Crippen molar-refractivity contribution in [3.05, 3.63) is 0 Å². The molecule has 3 unspecified atom stereocenters. The minimum atomic E-state index is 0.253. The first kappa shape index (κ1) is 19.7. The van der Waals surface area contributed by atoms with Gasteiger partial charge in [-0.05, 0) is 24.2 Å². The van der Waals surface area contributed by atoms with Crippen LogP contribution < -0.4 is 0 Å². The van der Waals surface area contributed by atoms with Crippen LogP contribution in [0, 0.1) is 23.7 Å². The summed E-state index contributed by atoms with van der Waals surface area (Å²) in [6, 6.07) is 0. The van der Waals surface area contributed by atoms with Crippen LogP contribution >= 0.6 is 0 Å². The summed E-state index contributed by atoms with van der Waals surface area (Å²) >= 11 is 0. The lowest BCUT2D eigenvalue weighted by atomic mass is 9.91. The maximum Gasteiger partial charge on any atom is 0.122 e.